The highest BCUT2D eigenvalue weighted by Crippen LogP contribution is 2.35. The molecule has 0 saturated carbocycles. The summed E-state index contributed by atoms with van der Waals surface area (Å²) in [6.07, 6.45) is 6.13. The molecule has 2 fully saturated rings. The van der Waals surface area contributed by atoms with Gasteiger partial charge < -0.3 is 10.1 Å². The summed E-state index contributed by atoms with van der Waals surface area (Å²) < 4.78 is 5.77. The first-order valence-corrected chi connectivity index (χ1v) is 5.53. The van der Waals surface area contributed by atoms with Crippen molar-refractivity contribution in [2.24, 2.45) is 0 Å². The highest BCUT2D eigenvalue weighted by molar-refractivity contribution is 5.28. The van der Waals surface area contributed by atoms with E-state index < -0.39 is 0 Å². The van der Waals surface area contributed by atoms with Crippen molar-refractivity contribution in [2.75, 3.05) is 5.32 Å². The van der Waals surface area contributed by atoms with Crippen LogP contribution < -0.4 is 5.32 Å². The maximum absolute atomic E-state index is 5.77. The third-order valence-electron chi connectivity index (χ3n) is 3.22. The van der Waals surface area contributed by atoms with Crippen LogP contribution in [-0.4, -0.2) is 28.2 Å². The van der Waals surface area contributed by atoms with E-state index in [1.165, 1.54) is 12.8 Å². The highest BCUT2D eigenvalue weighted by atomic mass is 16.5. The summed E-state index contributed by atoms with van der Waals surface area (Å²) >= 11 is 0. The van der Waals surface area contributed by atoms with E-state index in [2.05, 4.69) is 15.3 Å². The van der Waals surface area contributed by atoms with E-state index in [1.54, 1.807) is 6.20 Å². The summed E-state index contributed by atoms with van der Waals surface area (Å²) in [7, 11) is 0. The molecule has 0 radical (unpaired) electrons. The molecule has 80 valence electrons. The molecule has 3 atom stereocenters. The Bertz CT molecular complexity index is 369. The SMILES string of the molecule is Cc1ccnc(NC2CC3CCC2O3)n1. The molecule has 0 aromatic carbocycles. The van der Waals surface area contributed by atoms with Crippen LogP contribution in [0.25, 0.3) is 0 Å². The van der Waals surface area contributed by atoms with Crippen molar-refractivity contribution < 1.29 is 4.74 Å². The Labute approximate surface area is 89.1 Å². The second-order valence-electron chi connectivity index (χ2n) is 4.38. The van der Waals surface area contributed by atoms with E-state index in [4.69, 9.17) is 4.74 Å². The zero-order valence-corrected chi connectivity index (χ0v) is 8.81. The number of aromatic nitrogens is 2. The van der Waals surface area contributed by atoms with Crippen LogP contribution in [0.15, 0.2) is 12.3 Å². The maximum atomic E-state index is 5.77. The summed E-state index contributed by atoms with van der Waals surface area (Å²) in [5.74, 6) is 0.733. The van der Waals surface area contributed by atoms with Crippen LogP contribution in [0.3, 0.4) is 0 Å². The number of aryl methyl sites for hydroxylation is 1. The first-order chi connectivity index (χ1) is 7.31. The molecule has 0 amide bonds. The van der Waals surface area contributed by atoms with Crippen LogP contribution in [0.5, 0.6) is 0 Å². The second-order valence-corrected chi connectivity index (χ2v) is 4.38. The quantitative estimate of drug-likeness (QED) is 0.795. The third kappa shape index (κ3) is 1.69. The average molecular weight is 205 g/mol. The third-order valence-corrected chi connectivity index (χ3v) is 3.22. The van der Waals surface area contributed by atoms with Gasteiger partial charge in [0.05, 0.1) is 18.2 Å². The van der Waals surface area contributed by atoms with Gasteiger partial charge in [0.1, 0.15) is 0 Å². The van der Waals surface area contributed by atoms with Crippen LogP contribution in [-0.2, 0) is 4.74 Å². The van der Waals surface area contributed by atoms with Gasteiger partial charge in [-0.15, -0.1) is 0 Å². The fourth-order valence-corrected chi connectivity index (χ4v) is 2.47. The molecule has 3 rings (SSSR count). The van der Waals surface area contributed by atoms with E-state index in [9.17, 15) is 0 Å². The Balaban J connectivity index is 1.71. The smallest absolute Gasteiger partial charge is 0.223 e. The number of ether oxygens (including phenoxy) is 1. The van der Waals surface area contributed by atoms with Gasteiger partial charge in [-0.1, -0.05) is 0 Å². The monoisotopic (exact) mass is 205 g/mol. The minimum atomic E-state index is 0.374. The Morgan fingerprint density at radius 1 is 1.47 bits per heavy atom. The normalized spacial score (nSPS) is 33.3. The first kappa shape index (κ1) is 9.09. The topological polar surface area (TPSA) is 47.0 Å². The molecule has 3 unspecified atom stereocenters. The lowest BCUT2D eigenvalue weighted by molar-refractivity contribution is 0.102. The second kappa shape index (κ2) is 3.45. The number of fused-ring (bicyclic) bond motifs is 2. The van der Waals surface area contributed by atoms with Crippen LogP contribution in [0.1, 0.15) is 25.0 Å². The summed E-state index contributed by atoms with van der Waals surface area (Å²) in [5, 5.41) is 3.37. The maximum Gasteiger partial charge on any atom is 0.223 e. The van der Waals surface area contributed by atoms with E-state index in [1.807, 2.05) is 13.0 Å². The molecule has 2 aliphatic rings. The van der Waals surface area contributed by atoms with Gasteiger partial charge in [0.15, 0.2) is 0 Å². The number of anilines is 1. The van der Waals surface area contributed by atoms with Crippen molar-refractivity contribution in [3.8, 4) is 0 Å². The van der Waals surface area contributed by atoms with Gasteiger partial charge in [0.2, 0.25) is 5.95 Å². The van der Waals surface area contributed by atoms with Crippen molar-refractivity contribution in [1.82, 2.24) is 9.97 Å². The lowest BCUT2D eigenvalue weighted by atomic mass is 9.96. The van der Waals surface area contributed by atoms with Gasteiger partial charge in [-0.2, -0.15) is 0 Å². The largest absolute Gasteiger partial charge is 0.373 e. The highest BCUT2D eigenvalue weighted by Gasteiger charge is 2.40. The number of hydrogen-bond acceptors (Lipinski definition) is 4. The fourth-order valence-electron chi connectivity index (χ4n) is 2.47. The van der Waals surface area contributed by atoms with Gasteiger partial charge >= 0.3 is 0 Å². The molecule has 2 saturated heterocycles. The van der Waals surface area contributed by atoms with Crippen molar-refractivity contribution >= 4 is 5.95 Å². The van der Waals surface area contributed by atoms with Gasteiger partial charge in [0, 0.05) is 11.9 Å². The summed E-state index contributed by atoms with van der Waals surface area (Å²) in [4.78, 5) is 8.55. The van der Waals surface area contributed by atoms with E-state index in [0.29, 0.717) is 18.2 Å². The Kier molecular flexibility index (Phi) is 2.09. The summed E-state index contributed by atoms with van der Waals surface area (Å²) in [6.45, 7) is 1.98. The minimum absolute atomic E-state index is 0.374. The lowest BCUT2D eigenvalue weighted by Crippen LogP contribution is -2.31. The molecule has 1 aromatic heterocycles. The molecular weight excluding hydrogens is 190 g/mol. The molecule has 2 bridgehead atoms. The van der Waals surface area contributed by atoms with Crippen LogP contribution >= 0.6 is 0 Å². The number of hydrogen-bond donors (Lipinski definition) is 1. The molecular formula is C11H15N3O. The van der Waals surface area contributed by atoms with E-state index in [0.717, 1.165) is 18.1 Å². The van der Waals surface area contributed by atoms with Crippen LogP contribution in [0.4, 0.5) is 5.95 Å². The Morgan fingerprint density at radius 2 is 2.40 bits per heavy atom. The standard InChI is InChI=1S/C11H15N3O/c1-7-4-5-12-11(13-7)14-9-6-8-2-3-10(9)15-8/h4-5,8-10H,2-3,6H2,1H3,(H,12,13,14). The lowest BCUT2D eigenvalue weighted by Gasteiger charge is -2.19. The van der Waals surface area contributed by atoms with Gasteiger partial charge in [-0.25, -0.2) is 9.97 Å². The molecule has 15 heavy (non-hydrogen) atoms. The predicted octanol–water partition coefficient (Wildman–Crippen LogP) is 1.52. The number of nitrogens with one attached hydrogen (secondary N) is 1. The predicted molar refractivity (Wildman–Crippen MR) is 56.7 cm³/mol. The van der Waals surface area contributed by atoms with E-state index >= 15 is 0 Å². The van der Waals surface area contributed by atoms with Crippen molar-refractivity contribution in [1.29, 1.82) is 0 Å². The van der Waals surface area contributed by atoms with Crippen molar-refractivity contribution in [2.45, 2.75) is 44.4 Å². The average Bonchev–Trinajstić information content (AvgIpc) is 2.79. The molecule has 3 heterocycles. The molecule has 4 heteroatoms. The molecule has 0 aliphatic carbocycles. The van der Waals surface area contributed by atoms with Crippen molar-refractivity contribution in [3.05, 3.63) is 18.0 Å². The van der Waals surface area contributed by atoms with Gasteiger partial charge in [-0.05, 0) is 32.3 Å². The summed E-state index contributed by atoms with van der Waals surface area (Å²) in [6, 6.07) is 2.31. The minimum Gasteiger partial charge on any atom is -0.373 e. The Hall–Kier alpha value is -1.16. The molecule has 2 aliphatic heterocycles. The van der Waals surface area contributed by atoms with Crippen molar-refractivity contribution in [3.63, 3.8) is 0 Å². The zero-order valence-electron chi connectivity index (χ0n) is 8.81. The number of nitrogens with zero attached hydrogens (tertiary/aromatic N) is 2. The van der Waals surface area contributed by atoms with E-state index in [-0.39, 0.29) is 0 Å². The number of rotatable bonds is 2. The first-order valence-electron chi connectivity index (χ1n) is 5.53. The molecule has 1 aromatic rings. The molecule has 1 N–H and O–H groups in total. The molecule has 0 spiro atoms. The van der Waals surface area contributed by atoms with Crippen LogP contribution in [0.2, 0.25) is 0 Å². The summed E-state index contributed by atoms with van der Waals surface area (Å²) in [5.41, 5.74) is 0.997. The molecule has 4 nitrogen and oxygen atoms in total. The zero-order chi connectivity index (χ0) is 10.3. The Morgan fingerprint density at radius 3 is 3.07 bits per heavy atom. The van der Waals surface area contributed by atoms with Gasteiger partial charge in [0.25, 0.3) is 0 Å². The van der Waals surface area contributed by atoms with Gasteiger partial charge in [-0.3, -0.25) is 0 Å². The van der Waals surface area contributed by atoms with Crippen LogP contribution in [0, 0.1) is 6.92 Å². The fraction of sp³-hybridized carbons (Fsp3) is 0.636.